The Bertz CT molecular complexity index is 373. The predicted molar refractivity (Wildman–Crippen MR) is 82.2 cm³/mol. The molecule has 0 aliphatic heterocycles. The Morgan fingerprint density at radius 3 is 2.50 bits per heavy atom. The van der Waals surface area contributed by atoms with E-state index in [1.165, 1.54) is 42.4 Å². The predicted octanol–water partition coefficient (Wildman–Crippen LogP) is 3.66. The summed E-state index contributed by atoms with van der Waals surface area (Å²) in [5.41, 5.74) is 1.30. The zero-order valence-electron chi connectivity index (χ0n) is 11.3. The highest BCUT2D eigenvalue weighted by Crippen LogP contribution is 2.29. The first-order valence-electron chi connectivity index (χ1n) is 6.83. The summed E-state index contributed by atoms with van der Waals surface area (Å²) < 4.78 is 1.19. The van der Waals surface area contributed by atoms with Gasteiger partial charge in [0.05, 0.1) is 5.69 Å². The molecule has 1 aliphatic rings. The largest absolute Gasteiger partial charge is 0.373 e. The highest BCUT2D eigenvalue weighted by Gasteiger charge is 2.21. The fraction of sp³-hybridized carbons (Fsp3) is 0.600. The summed E-state index contributed by atoms with van der Waals surface area (Å²) in [6, 6.07) is 9.22. The minimum Gasteiger partial charge on any atom is -0.373 e. The molecule has 1 aliphatic carbocycles. The summed E-state index contributed by atoms with van der Waals surface area (Å²) in [5.74, 6) is 0.840. The average molecular weight is 311 g/mol. The van der Waals surface area contributed by atoms with E-state index in [0.717, 1.165) is 12.0 Å². The third-order valence-electron chi connectivity index (χ3n) is 4.05. The van der Waals surface area contributed by atoms with Crippen LogP contribution in [0.2, 0.25) is 0 Å². The summed E-state index contributed by atoms with van der Waals surface area (Å²) in [6.45, 7) is 1.17. The highest BCUT2D eigenvalue weighted by molar-refractivity contribution is 9.10. The smallest absolute Gasteiger partial charge is 0.0508 e. The molecule has 1 aromatic carbocycles. The minimum absolute atomic E-state index is 0.745. The van der Waals surface area contributed by atoms with Crippen molar-refractivity contribution < 1.29 is 0 Å². The molecule has 1 aromatic rings. The SMILES string of the molecule is CNC1CCC(CN(C)c2ccccc2Br)CC1. The summed E-state index contributed by atoms with van der Waals surface area (Å²) in [7, 11) is 4.28. The van der Waals surface area contributed by atoms with Crippen molar-refractivity contribution in [1.29, 1.82) is 0 Å². The van der Waals surface area contributed by atoms with Crippen LogP contribution in [0.15, 0.2) is 28.7 Å². The molecule has 1 saturated carbocycles. The van der Waals surface area contributed by atoms with Crippen LogP contribution in [-0.2, 0) is 0 Å². The lowest BCUT2D eigenvalue weighted by Crippen LogP contribution is -2.34. The van der Waals surface area contributed by atoms with Crippen LogP contribution >= 0.6 is 15.9 Å². The van der Waals surface area contributed by atoms with Crippen LogP contribution < -0.4 is 10.2 Å². The van der Waals surface area contributed by atoms with Gasteiger partial charge in [0.2, 0.25) is 0 Å². The van der Waals surface area contributed by atoms with E-state index in [1.807, 2.05) is 0 Å². The molecule has 100 valence electrons. The van der Waals surface area contributed by atoms with Crippen molar-refractivity contribution in [2.75, 3.05) is 25.5 Å². The lowest BCUT2D eigenvalue weighted by Gasteiger charge is -2.32. The molecule has 0 atom stereocenters. The fourth-order valence-electron chi connectivity index (χ4n) is 2.88. The molecule has 18 heavy (non-hydrogen) atoms. The molecule has 2 rings (SSSR count). The molecule has 0 heterocycles. The van der Waals surface area contributed by atoms with Crippen molar-refractivity contribution in [3.8, 4) is 0 Å². The first-order chi connectivity index (χ1) is 8.70. The number of para-hydroxylation sites is 1. The Balaban J connectivity index is 1.89. The molecule has 0 amide bonds. The Morgan fingerprint density at radius 1 is 1.22 bits per heavy atom. The van der Waals surface area contributed by atoms with Crippen molar-refractivity contribution in [3.05, 3.63) is 28.7 Å². The third-order valence-corrected chi connectivity index (χ3v) is 4.72. The van der Waals surface area contributed by atoms with Crippen LogP contribution in [0.3, 0.4) is 0 Å². The number of anilines is 1. The lowest BCUT2D eigenvalue weighted by molar-refractivity contribution is 0.305. The molecular formula is C15H23BrN2. The second kappa shape index (κ2) is 6.58. The molecule has 0 unspecified atom stereocenters. The van der Waals surface area contributed by atoms with E-state index in [-0.39, 0.29) is 0 Å². The Labute approximate surface area is 119 Å². The van der Waals surface area contributed by atoms with Gasteiger partial charge in [0.1, 0.15) is 0 Å². The van der Waals surface area contributed by atoms with E-state index in [4.69, 9.17) is 0 Å². The van der Waals surface area contributed by atoms with E-state index < -0.39 is 0 Å². The molecule has 0 radical (unpaired) electrons. The summed E-state index contributed by atoms with van der Waals surface area (Å²) in [5, 5.41) is 3.40. The van der Waals surface area contributed by atoms with E-state index in [9.17, 15) is 0 Å². The molecule has 3 heteroatoms. The van der Waals surface area contributed by atoms with Gasteiger partial charge in [-0.1, -0.05) is 12.1 Å². The normalized spacial score (nSPS) is 23.9. The van der Waals surface area contributed by atoms with Gasteiger partial charge in [-0.15, -0.1) is 0 Å². The van der Waals surface area contributed by atoms with E-state index in [2.05, 4.69) is 64.5 Å². The van der Waals surface area contributed by atoms with Crippen molar-refractivity contribution in [2.45, 2.75) is 31.7 Å². The van der Waals surface area contributed by atoms with E-state index in [0.29, 0.717) is 0 Å². The van der Waals surface area contributed by atoms with E-state index in [1.54, 1.807) is 0 Å². The van der Waals surface area contributed by atoms with Crippen LogP contribution in [-0.4, -0.2) is 26.7 Å². The number of halogens is 1. The number of rotatable bonds is 4. The van der Waals surface area contributed by atoms with Gasteiger partial charge in [0.15, 0.2) is 0 Å². The number of benzene rings is 1. The highest BCUT2D eigenvalue weighted by atomic mass is 79.9. The monoisotopic (exact) mass is 310 g/mol. The molecule has 1 fully saturated rings. The zero-order chi connectivity index (χ0) is 13.0. The van der Waals surface area contributed by atoms with Crippen molar-refractivity contribution in [1.82, 2.24) is 5.32 Å². The van der Waals surface area contributed by atoms with Crippen LogP contribution in [0.25, 0.3) is 0 Å². The van der Waals surface area contributed by atoms with Crippen LogP contribution in [0.5, 0.6) is 0 Å². The maximum absolute atomic E-state index is 3.63. The fourth-order valence-corrected chi connectivity index (χ4v) is 3.47. The van der Waals surface area contributed by atoms with E-state index >= 15 is 0 Å². The Morgan fingerprint density at radius 2 is 1.89 bits per heavy atom. The number of hydrogen-bond donors (Lipinski definition) is 1. The quantitative estimate of drug-likeness (QED) is 0.913. The first-order valence-corrected chi connectivity index (χ1v) is 7.63. The molecule has 0 aromatic heterocycles. The van der Waals surface area contributed by atoms with Crippen LogP contribution in [0.4, 0.5) is 5.69 Å². The number of hydrogen-bond acceptors (Lipinski definition) is 2. The van der Waals surface area contributed by atoms with Crippen molar-refractivity contribution in [3.63, 3.8) is 0 Å². The topological polar surface area (TPSA) is 15.3 Å². The molecule has 0 bridgehead atoms. The average Bonchev–Trinajstić information content (AvgIpc) is 2.40. The minimum atomic E-state index is 0.745. The number of nitrogens with one attached hydrogen (secondary N) is 1. The molecule has 0 spiro atoms. The lowest BCUT2D eigenvalue weighted by atomic mass is 9.86. The van der Waals surface area contributed by atoms with Gasteiger partial charge in [-0.05, 0) is 66.7 Å². The van der Waals surface area contributed by atoms with Gasteiger partial charge >= 0.3 is 0 Å². The number of nitrogens with zero attached hydrogens (tertiary/aromatic N) is 1. The van der Waals surface area contributed by atoms with Gasteiger partial charge in [-0.3, -0.25) is 0 Å². The van der Waals surface area contributed by atoms with Crippen molar-refractivity contribution in [2.24, 2.45) is 5.92 Å². The summed E-state index contributed by atoms with van der Waals surface area (Å²) in [4.78, 5) is 2.38. The maximum atomic E-state index is 3.63. The van der Waals surface area contributed by atoms with Crippen molar-refractivity contribution >= 4 is 21.6 Å². The molecule has 0 saturated heterocycles. The first kappa shape index (κ1) is 13.9. The Hall–Kier alpha value is -0.540. The van der Waals surface area contributed by atoms with Gasteiger partial charge in [-0.25, -0.2) is 0 Å². The zero-order valence-corrected chi connectivity index (χ0v) is 12.9. The molecule has 2 nitrogen and oxygen atoms in total. The Kier molecular flexibility index (Phi) is 5.07. The summed E-state index contributed by atoms with van der Waals surface area (Å²) in [6.07, 6.45) is 5.34. The van der Waals surface area contributed by atoms with Gasteiger partial charge < -0.3 is 10.2 Å². The third kappa shape index (κ3) is 3.48. The molecule has 1 N–H and O–H groups in total. The second-order valence-corrected chi connectivity index (χ2v) is 6.19. The standard InChI is InChI=1S/C15H23BrN2/c1-17-13-9-7-12(8-10-13)11-18(2)15-6-4-3-5-14(15)16/h3-6,12-13,17H,7-11H2,1-2H3. The second-order valence-electron chi connectivity index (χ2n) is 5.34. The van der Waals surface area contributed by atoms with Crippen LogP contribution in [0, 0.1) is 5.92 Å². The molecular weight excluding hydrogens is 288 g/mol. The van der Waals surface area contributed by atoms with Gasteiger partial charge in [0, 0.05) is 24.1 Å². The van der Waals surface area contributed by atoms with Crippen LogP contribution in [0.1, 0.15) is 25.7 Å². The maximum Gasteiger partial charge on any atom is 0.0508 e. The summed E-state index contributed by atoms with van der Waals surface area (Å²) >= 11 is 3.63. The van der Waals surface area contributed by atoms with Gasteiger partial charge in [-0.2, -0.15) is 0 Å². The van der Waals surface area contributed by atoms with Gasteiger partial charge in [0.25, 0.3) is 0 Å².